The molecule has 2 N–H and O–H groups in total. The maximum Gasteiger partial charge on any atom is 0.306 e. The zero-order chi connectivity index (χ0) is 21.4. The number of aliphatic carboxylic acids is 1. The smallest absolute Gasteiger partial charge is 0.306 e. The van der Waals surface area contributed by atoms with Crippen LogP contribution in [0.4, 0.5) is 0 Å². The zero-order valence-electron chi connectivity index (χ0n) is 19.4. The SMILES string of the molecule is CCCCC(C/C=C/CCCCCCCCCCCCCCCCCO)C(=O)O. The van der Waals surface area contributed by atoms with Gasteiger partial charge in [-0.3, -0.25) is 4.79 Å². The van der Waals surface area contributed by atoms with Gasteiger partial charge in [-0.25, -0.2) is 0 Å². The van der Waals surface area contributed by atoms with Crippen LogP contribution in [0, 0.1) is 5.92 Å². The van der Waals surface area contributed by atoms with Gasteiger partial charge in [-0.1, -0.05) is 115 Å². The third kappa shape index (κ3) is 21.7. The number of rotatable bonds is 23. The van der Waals surface area contributed by atoms with Crippen molar-refractivity contribution in [1.29, 1.82) is 0 Å². The lowest BCUT2D eigenvalue weighted by Crippen LogP contribution is -2.12. The van der Waals surface area contributed by atoms with E-state index in [0.717, 1.165) is 32.1 Å². The van der Waals surface area contributed by atoms with Gasteiger partial charge >= 0.3 is 5.97 Å². The molecule has 0 radical (unpaired) electrons. The van der Waals surface area contributed by atoms with Crippen molar-refractivity contribution in [2.45, 2.75) is 135 Å². The Balaban J connectivity index is 3.28. The number of aliphatic hydroxyl groups is 1. The predicted octanol–water partition coefficient (Wildman–Crippen LogP) is 8.06. The molecule has 0 bridgehead atoms. The zero-order valence-corrected chi connectivity index (χ0v) is 19.4. The molecule has 1 unspecified atom stereocenters. The Kier molecular flexibility index (Phi) is 22.8. The number of hydrogen-bond acceptors (Lipinski definition) is 2. The molecule has 1 atom stereocenters. The van der Waals surface area contributed by atoms with E-state index in [1.165, 1.54) is 89.9 Å². The summed E-state index contributed by atoms with van der Waals surface area (Å²) >= 11 is 0. The molecule has 0 rings (SSSR count). The van der Waals surface area contributed by atoms with Crippen molar-refractivity contribution < 1.29 is 15.0 Å². The molecule has 0 aromatic rings. The lowest BCUT2D eigenvalue weighted by Gasteiger charge is -2.08. The molecular weight excluding hydrogens is 360 g/mol. The molecule has 0 aliphatic carbocycles. The third-order valence-electron chi connectivity index (χ3n) is 5.87. The van der Waals surface area contributed by atoms with Crippen molar-refractivity contribution in [3.8, 4) is 0 Å². The average Bonchev–Trinajstić information content (AvgIpc) is 2.71. The van der Waals surface area contributed by atoms with Crippen molar-refractivity contribution >= 4 is 5.97 Å². The van der Waals surface area contributed by atoms with E-state index < -0.39 is 5.97 Å². The van der Waals surface area contributed by atoms with E-state index in [2.05, 4.69) is 19.1 Å². The second kappa shape index (κ2) is 23.4. The van der Waals surface area contributed by atoms with Crippen molar-refractivity contribution in [3.05, 3.63) is 12.2 Å². The molecule has 172 valence electrons. The minimum atomic E-state index is -0.641. The number of unbranched alkanes of at least 4 members (excludes halogenated alkanes) is 16. The summed E-state index contributed by atoms with van der Waals surface area (Å²) < 4.78 is 0. The minimum Gasteiger partial charge on any atom is -0.481 e. The fraction of sp³-hybridized carbons (Fsp3) is 0.885. The Bertz CT molecular complexity index is 365. The van der Waals surface area contributed by atoms with Gasteiger partial charge in [0.2, 0.25) is 0 Å². The lowest BCUT2D eigenvalue weighted by atomic mass is 9.98. The van der Waals surface area contributed by atoms with Crippen LogP contribution in [-0.4, -0.2) is 22.8 Å². The molecule has 0 saturated heterocycles. The number of hydrogen-bond donors (Lipinski definition) is 2. The summed E-state index contributed by atoms with van der Waals surface area (Å²) in [5.41, 5.74) is 0. The average molecular weight is 411 g/mol. The predicted molar refractivity (Wildman–Crippen MR) is 125 cm³/mol. The van der Waals surface area contributed by atoms with Gasteiger partial charge in [0, 0.05) is 6.61 Å². The van der Waals surface area contributed by atoms with Gasteiger partial charge in [0.1, 0.15) is 0 Å². The van der Waals surface area contributed by atoms with E-state index >= 15 is 0 Å². The number of aliphatic hydroxyl groups excluding tert-OH is 1. The van der Waals surface area contributed by atoms with Crippen LogP contribution in [0.5, 0.6) is 0 Å². The summed E-state index contributed by atoms with van der Waals surface area (Å²) in [5.74, 6) is -0.833. The molecule has 0 aliphatic heterocycles. The summed E-state index contributed by atoms with van der Waals surface area (Å²) in [4.78, 5) is 11.2. The molecule has 0 spiro atoms. The Labute approximate surface area is 181 Å². The largest absolute Gasteiger partial charge is 0.481 e. The molecule has 0 fully saturated rings. The molecule has 0 aliphatic rings. The van der Waals surface area contributed by atoms with Crippen molar-refractivity contribution in [1.82, 2.24) is 0 Å². The Hall–Kier alpha value is -0.830. The van der Waals surface area contributed by atoms with E-state index in [1.807, 2.05) is 0 Å². The Morgan fingerprint density at radius 2 is 1.14 bits per heavy atom. The number of carbonyl (C=O) groups is 1. The first-order valence-electron chi connectivity index (χ1n) is 12.7. The Morgan fingerprint density at radius 1 is 0.690 bits per heavy atom. The van der Waals surface area contributed by atoms with Gasteiger partial charge in [0.15, 0.2) is 0 Å². The molecule has 0 amide bonds. The standard InChI is InChI=1S/C26H50O3/c1-2-3-22-25(26(28)29)23-20-18-16-14-12-10-8-6-4-5-7-9-11-13-15-17-19-21-24-27/h18,20,25,27H,2-17,19,21-24H2,1H3,(H,28,29)/b20-18+. The summed E-state index contributed by atoms with van der Waals surface area (Å²) in [6.45, 7) is 2.46. The van der Waals surface area contributed by atoms with Crippen LogP contribution in [0.25, 0.3) is 0 Å². The number of allylic oxidation sites excluding steroid dienone is 2. The number of carboxylic acid groups (broad SMARTS) is 1. The summed E-state index contributed by atoms with van der Waals surface area (Å²) in [6.07, 6.45) is 28.7. The molecule has 3 heteroatoms. The van der Waals surface area contributed by atoms with Crippen LogP contribution in [0.2, 0.25) is 0 Å². The second-order valence-electron chi connectivity index (χ2n) is 8.70. The highest BCUT2D eigenvalue weighted by Crippen LogP contribution is 2.15. The van der Waals surface area contributed by atoms with Crippen molar-refractivity contribution in [3.63, 3.8) is 0 Å². The van der Waals surface area contributed by atoms with Crippen LogP contribution in [0.1, 0.15) is 135 Å². The number of carboxylic acids is 1. The molecule has 0 heterocycles. The summed E-state index contributed by atoms with van der Waals surface area (Å²) in [5, 5.41) is 17.9. The lowest BCUT2D eigenvalue weighted by molar-refractivity contribution is -0.141. The second-order valence-corrected chi connectivity index (χ2v) is 8.70. The first-order valence-corrected chi connectivity index (χ1v) is 12.7. The Morgan fingerprint density at radius 3 is 1.55 bits per heavy atom. The highest BCUT2D eigenvalue weighted by molar-refractivity contribution is 5.70. The van der Waals surface area contributed by atoms with Gasteiger partial charge in [-0.15, -0.1) is 0 Å². The van der Waals surface area contributed by atoms with Gasteiger partial charge in [-0.2, -0.15) is 0 Å². The van der Waals surface area contributed by atoms with Crippen molar-refractivity contribution in [2.24, 2.45) is 5.92 Å². The first kappa shape index (κ1) is 28.2. The van der Waals surface area contributed by atoms with E-state index in [1.54, 1.807) is 0 Å². The molecule has 0 aromatic heterocycles. The van der Waals surface area contributed by atoms with Crippen LogP contribution < -0.4 is 0 Å². The first-order chi connectivity index (χ1) is 14.2. The van der Waals surface area contributed by atoms with Crippen LogP contribution in [0.3, 0.4) is 0 Å². The topological polar surface area (TPSA) is 57.5 Å². The highest BCUT2D eigenvalue weighted by Gasteiger charge is 2.14. The highest BCUT2D eigenvalue weighted by atomic mass is 16.4. The van der Waals surface area contributed by atoms with E-state index in [4.69, 9.17) is 5.11 Å². The van der Waals surface area contributed by atoms with E-state index in [0.29, 0.717) is 13.0 Å². The van der Waals surface area contributed by atoms with E-state index in [-0.39, 0.29) is 5.92 Å². The summed E-state index contributed by atoms with van der Waals surface area (Å²) in [7, 11) is 0. The van der Waals surface area contributed by atoms with Gasteiger partial charge in [0.25, 0.3) is 0 Å². The monoisotopic (exact) mass is 410 g/mol. The third-order valence-corrected chi connectivity index (χ3v) is 5.87. The summed E-state index contributed by atoms with van der Waals surface area (Å²) in [6, 6.07) is 0. The normalized spacial score (nSPS) is 12.6. The van der Waals surface area contributed by atoms with Gasteiger partial charge < -0.3 is 10.2 Å². The van der Waals surface area contributed by atoms with Crippen LogP contribution in [0.15, 0.2) is 12.2 Å². The van der Waals surface area contributed by atoms with Crippen LogP contribution in [-0.2, 0) is 4.79 Å². The van der Waals surface area contributed by atoms with Crippen LogP contribution >= 0.6 is 0 Å². The fourth-order valence-corrected chi connectivity index (χ4v) is 3.84. The molecule has 3 nitrogen and oxygen atoms in total. The van der Waals surface area contributed by atoms with Gasteiger partial charge in [-0.05, 0) is 32.1 Å². The quantitative estimate of drug-likeness (QED) is 0.132. The molecule has 29 heavy (non-hydrogen) atoms. The maximum absolute atomic E-state index is 11.2. The van der Waals surface area contributed by atoms with Crippen molar-refractivity contribution in [2.75, 3.05) is 6.61 Å². The fourth-order valence-electron chi connectivity index (χ4n) is 3.84. The molecular formula is C26H50O3. The molecule has 0 aromatic carbocycles. The molecule has 0 saturated carbocycles. The minimum absolute atomic E-state index is 0.192. The van der Waals surface area contributed by atoms with Gasteiger partial charge in [0.05, 0.1) is 5.92 Å². The van der Waals surface area contributed by atoms with E-state index in [9.17, 15) is 9.90 Å². The maximum atomic E-state index is 11.2.